The lowest BCUT2D eigenvalue weighted by molar-refractivity contribution is 0.143. The molecule has 4 rings (SSSR count). The summed E-state index contributed by atoms with van der Waals surface area (Å²) < 4.78 is 52.8. The van der Waals surface area contributed by atoms with Crippen molar-refractivity contribution in [1.82, 2.24) is 23.4 Å². The summed E-state index contributed by atoms with van der Waals surface area (Å²) in [6.07, 6.45) is 1.82. The number of nitrogens with zero attached hydrogens (tertiary/aromatic N) is 5. The summed E-state index contributed by atoms with van der Waals surface area (Å²) in [7, 11) is -6.87. The van der Waals surface area contributed by atoms with Gasteiger partial charge in [-0.3, -0.25) is 9.30 Å². The maximum Gasteiger partial charge on any atom is 0.351 e. The summed E-state index contributed by atoms with van der Waals surface area (Å²) >= 11 is 0. The number of aromatic nitrogens is 3. The summed E-state index contributed by atoms with van der Waals surface area (Å²) in [6, 6.07) is 5.31. The summed E-state index contributed by atoms with van der Waals surface area (Å²) in [5.74, 6) is -0.347. The van der Waals surface area contributed by atoms with Crippen molar-refractivity contribution < 1.29 is 16.8 Å². The molecule has 148 valence electrons. The Morgan fingerprint density at radius 2 is 1.89 bits per heavy atom. The van der Waals surface area contributed by atoms with Crippen LogP contribution in [0.15, 0.2) is 29.2 Å². The van der Waals surface area contributed by atoms with Gasteiger partial charge in [0.15, 0.2) is 15.5 Å². The molecule has 2 fully saturated rings. The van der Waals surface area contributed by atoms with Crippen LogP contribution in [0.2, 0.25) is 0 Å². The number of fused-ring (bicyclic) bond motifs is 1. The molecule has 2 aromatic heterocycles. The van der Waals surface area contributed by atoms with Gasteiger partial charge in [0.05, 0.1) is 23.4 Å². The van der Waals surface area contributed by atoms with Gasteiger partial charge in [-0.1, -0.05) is 6.07 Å². The molecule has 1 atom stereocenters. The molecule has 0 N–H and O–H groups in total. The van der Waals surface area contributed by atoms with Gasteiger partial charge in [0, 0.05) is 32.4 Å². The quantitative estimate of drug-likeness (QED) is 0.603. The highest BCUT2D eigenvalue weighted by atomic mass is 32.2. The lowest BCUT2D eigenvalue weighted by atomic mass is 10.4. The molecular weight excluding hydrogens is 394 g/mol. The van der Waals surface area contributed by atoms with Crippen LogP contribution >= 0.6 is 0 Å². The molecule has 0 bridgehead atoms. The van der Waals surface area contributed by atoms with Crippen molar-refractivity contribution in [3.05, 3.63) is 34.9 Å². The van der Waals surface area contributed by atoms with Crippen LogP contribution in [-0.4, -0.2) is 83.2 Å². The second-order valence-corrected chi connectivity index (χ2v) is 11.4. The van der Waals surface area contributed by atoms with Crippen molar-refractivity contribution in [2.24, 2.45) is 0 Å². The number of sulfone groups is 1. The van der Waals surface area contributed by atoms with Crippen molar-refractivity contribution in [3.8, 4) is 0 Å². The highest BCUT2D eigenvalue weighted by Crippen LogP contribution is 2.23. The molecule has 10 nitrogen and oxygen atoms in total. The summed E-state index contributed by atoms with van der Waals surface area (Å²) in [5.41, 5.74) is 0.322. The predicted molar refractivity (Wildman–Crippen MR) is 98.6 cm³/mol. The Balaban J connectivity index is 1.41. The van der Waals surface area contributed by atoms with Crippen molar-refractivity contribution in [2.75, 3.05) is 37.7 Å². The van der Waals surface area contributed by atoms with E-state index in [-0.39, 0.29) is 43.4 Å². The molecule has 2 aliphatic heterocycles. The number of piperazine rings is 1. The Bertz CT molecular complexity index is 1110. The highest BCUT2D eigenvalue weighted by molar-refractivity contribution is 7.95. The molecule has 1 unspecified atom stereocenters. The molecule has 4 heterocycles. The predicted octanol–water partition coefficient (Wildman–Crippen LogP) is -1.41. The first-order chi connectivity index (χ1) is 12.8. The summed E-state index contributed by atoms with van der Waals surface area (Å²) in [6.45, 7) is 1.76. The Hall–Kier alpha value is -1.76. The molecule has 2 saturated heterocycles. The second kappa shape index (κ2) is 6.69. The second-order valence-electron chi connectivity index (χ2n) is 6.94. The van der Waals surface area contributed by atoms with Gasteiger partial charge in [0.25, 0.3) is 0 Å². The fraction of sp³-hybridized carbons (Fsp3) is 0.600. The Labute approximate surface area is 157 Å². The van der Waals surface area contributed by atoms with Crippen LogP contribution in [0, 0.1) is 0 Å². The minimum atomic E-state index is -3.62. The third kappa shape index (κ3) is 3.53. The van der Waals surface area contributed by atoms with Gasteiger partial charge in [0.2, 0.25) is 10.0 Å². The van der Waals surface area contributed by atoms with Gasteiger partial charge < -0.3 is 0 Å². The molecule has 27 heavy (non-hydrogen) atoms. The zero-order valence-electron chi connectivity index (χ0n) is 14.6. The molecule has 0 saturated carbocycles. The third-order valence-electron chi connectivity index (χ3n) is 5.13. The number of sulfonamides is 1. The van der Waals surface area contributed by atoms with Gasteiger partial charge in [-0.15, -0.1) is 5.10 Å². The Morgan fingerprint density at radius 1 is 1.15 bits per heavy atom. The molecule has 0 amide bonds. The van der Waals surface area contributed by atoms with E-state index in [4.69, 9.17) is 0 Å². The molecule has 2 aliphatic rings. The molecule has 0 spiro atoms. The number of hydrogen-bond acceptors (Lipinski definition) is 7. The SMILES string of the molecule is O=c1n(CN2CCN(S(=O)(=O)C3CCS(=O)(=O)C3)CC2)nc2ccccn12. The minimum absolute atomic E-state index is 0.0618. The Kier molecular flexibility index (Phi) is 4.61. The fourth-order valence-electron chi connectivity index (χ4n) is 3.58. The van der Waals surface area contributed by atoms with Gasteiger partial charge in [0.1, 0.15) is 0 Å². The smallest absolute Gasteiger partial charge is 0.282 e. The van der Waals surface area contributed by atoms with E-state index in [0.717, 1.165) is 0 Å². The first-order valence-corrected chi connectivity index (χ1v) is 12.0. The van der Waals surface area contributed by atoms with Gasteiger partial charge in [-0.05, 0) is 18.6 Å². The normalized spacial score (nSPS) is 24.5. The van der Waals surface area contributed by atoms with E-state index in [9.17, 15) is 21.6 Å². The third-order valence-corrected chi connectivity index (χ3v) is 9.43. The van der Waals surface area contributed by atoms with Crippen LogP contribution in [0.4, 0.5) is 0 Å². The Morgan fingerprint density at radius 3 is 2.52 bits per heavy atom. The first-order valence-electron chi connectivity index (χ1n) is 8.72. The van der Waals surface area contributed by atoms with Crippen LogP contribution in [0.3, 0.4) is 0 Å². The molecule has 0 radical (unpaired) electrons. The monoisotopic (exact) mass is 415 g/mol. The van der Waals surface area contributed by atoms with E-state index in [0.29, 0.717) is 18.7 Å². The zero-order valence-corrected chi connectivity index (χ0v) is 16.3. The molecular formula is C15H21N5O5S2. The molecule has 2 aromatic rings. The van der Waals surface area contributed by atoms with E-state index in [1.807, 2.05) is 4.90 Å². The number of rotatable bonds is 4. The fourth-order valence-corrected chi connectivity index (χ4v) is 8.09. The lowest BCUT2D eigenvalue weighted by Crippen LogP contribution is -2.52. The average molecular weight is 415 g/mol. The van der Waals surface area contributed by atoms with Crippen LogP contribution < -0.4 is 5.69 Å². The zero-order chi connectivity index (χ0) is 19.2. The lowest BCUT2D eigenvalue weighted by Gasteiger charge is -2.34. The maximum atomic E-state index is 12.7. The van der Waals surface area contributed by atoms with Gasteiger partial charge in [-0.2, -0.15) is 8.99 Å². The minimum Gasteiger partial charge on any atom is -0.282 e. The van der Waals surface area contributed by atoms with E-state index in [2.05, 4.69) is 5.10 Å². The van der Waals surface area contributed by atoms with Gasteiger partial charge in [-0.25, -0.2) is 21.6 Å². The largest absolute Gasteiger partial charge is 0.351 e. The van der Waals surface area contributed by atoms with Crippen LogP contribution in [0.25, 0.3) is 5.65 Å². The molecule has 12 heteroatoms. The van der Waals surface area contributed by atoms with E-state index in [1.54, 1.807) is 24.4 Å². The van der Waals surface area contributed by atoms with Crippen molar-refractivity contribution in [3.63, 3.8) is 0 Å². The first kappa shape index (κ1) is 18.6. The van der Waals surface area contributed by atoms with Crippen molar-refractivity contribution in [2.45, 2.75) is 18.3 Å². The molecule has 0 aromatic carbocycles. The summed E-state index contributed by atoms with van der Waals surface area (Å²) in [4.78, 5) is 14.3. The standard InChI is InChI=1S/C15H21N5O5S2/c21-15-19-5-2-1-3-14(19)16-20(15)12-17-6-8-18(9-7-17)27(24,25)13-4-10-26(22,23)11-13/h1-3,5,13H,4,6-12H2. The van der Waals surface area contributed by atoms with Crippen molar-refractivity contribution >= 4 is 25.5 Å². The van der Waals surface area contributed by atoms with Gasteiger partial charge >= 0.3 is 5.69 Å². The van der Waals surface area contributed by atoms with E-state index >= 15 is 0 Å². The van der Waals surface area contributed by atoms with E-state index < -0.39 is 25.1 Å². The highest BCUT2D eigenvalue weighted by Gasteiger charge is 2.41. The van der Waals surface area contributed by atoms with Crippen molar-refractivity contribution in [1.29, 1.82) is 0 Å². The van der Waals surface area contributed by atoms with Crippen LogP contribution in [0.5, 0.6) is 0 Å². The number of pyridine rings is 1. The van der Waals surface area contributed by atoms with Crippen LogP contribution in [-0.2, 0) is 26.5 Å². The topological polar surface area (TPSA) is 114 Å². The van der Waals surface area contributed by atoms with E-state index in [1.165, 1.54) is 13.4 Å². The maximum absolute atomic E-state index is 12.7. The number of hydrogen-bond donors (Lipinski definition) is 0. The average Bonchev–Trinajstić information content (AvgIpc) is 3.16. The molecule has 0 aliphatic carbocycles. The summed E-state index contributed by atoms with van der Waals surface area (Å²) in [5, 5.41) is 3.44. The van der Waals surface area contributed by atoms with Crippen LogP contribution in [0.1, 0.15) is 6.42 Å².